The third kappa shape index (κ3) is 3.26. The summed E-state index contributed by atoms with van der Waals surface area (Å²) in [5.41, 5.74) is 0.721. The van der Waals surface area contributed by atoms with Crippen molar-refractivity contribution in [1.82, 2.24) is 15.0 Å². The van der Waals surface area contributed by atoms with Crippen LogP contribution < -0.4 is 4.90 Å². The summed E-state index contributed by atoms with van der Waals surface area (Å²) in [6.07, 6.45) is -0.0830. The van der Waals surface area contributed by atoms with Gasteiger partial charge >= 0.3 is 6.18 Å². The van der Waals surface area contributed by atoms with Gasteiger partial charge in [-0.3, -0.25) is 0 Å². The van der Waals surface area contributed by atoms with Crippen molar-refractivity contribution in [3.05, 3.63) is 18.6 Å². The Balaban J connectivity index is 1.72. The number of ether oxygens (including phenoxy) is 1. The van der Waals surface area contributed by atoms with E-state index in [9.17, 15) is 13.2 Å². The predicted molar refractivity (Wildman–Crippen MR) is 71.1 cm³/mol. The highest BCUT2D eigenvalue weighted by Gasteiger charge is 2.31. The molecule has 0 bridgehead atoms. The van der Waals surface area contributed by atoms with E-state index in [1.54, 1.807) is 6.20 Å². The first kappa shape index (κ1) is 14.1. The van der Waals surface area contributed by atoms with Gasteiger partial charge in [0.15, 0.2) is 0 Å². The Bertz CT molecular complexity index is 613. The zero-order valence-corrected chi connectivity index (χ0v) is 11.2. The van der Waals surface area contributed by atoms with Crippen LogP contribution >= 0.6 is 0 Å². The standard InChI is InChI=1S/C13H15F3N4O/c14-13(15,16)7-21-9-2-1-5-20(6-9)12-10-3-4-17-11(10)18-8-19-12/h3-4,8-9H,1-2,5-7H2,(H,17,18,19)/t9-/m1/s1. The van der Waals surface area contributed by atoms with E-state index in [1.807, 2.05) is 11.0 Å². The molecule has 3 heterocycles. The van der Waals surface area contributed by atoms with Crippen LogP contribution in [0.25, 0.3) is 11.0 Å². The highest BCUT2D eigenvalue weighted by atomic mass is 19.4. The van der Waals surface area contributed by atoms with E-state index < -0.39 is 18.9 Å². The van der Waals surface area contributed by atoms with Gasteiger partial charge in [-0.25, -0.2) is 9.97 Å². The number of piperidine rings is 1. The first-order valence-electron chi connectivity index (χ1n) is 6.74. The van der Waals surface area contributed by atoms with Gasteiger partial charge in [0.25, 0.3) is 0 Å². The molecule has 0 spiro atoms. The number of fused-ring (bicyclic) bond motifs is 1. The number of rotatable bonds is 3. The van der Waals surface area contributed by atoms with E-state index in [0.717, 1.165) is 29.8 Å². The molecule has 0 aliphatic carbocycles. The summed E-state index contributed by atoms with van der Waals surface area (Å²) in [6, 6.07) is 1.87. The molecule has 114 valence electrons. The lowest BCUT2D eigenvalue weighted by Gasteiger charge is -2.33. The van der Waals surface area contributed by atoms with Crippen molar-refractivity contribution in [2.24, 2.45) is 0 Å². The lowest BCUT2D eigenvalue weighted by Crippen LogP contribution is -2.41. The van der Waals surface area contributed by atoms with Crippen molar-refractivity contribution >= 4 is 16.9 Å². The van der Waals surface area contributed by atoms with E-state index in [1.165, 1.54) is 6.33 Å². The van der Waals surface area contributed by atoms with Gasteiger partial charge in [0.05, 0.1) is 11.5 Å². The molecule has 2 aromatic rings. The average Bonchev–Trinajstić information content (AvgIpc) is 2.93. The minimum atomic E-state index is -4.29. The fourth-order valence-electron chi connectivity index (χ4n) is 2.59. The number of nitrogens with zero attached hydrogens (tertiary/aromatic N) is 3. The molecule has 0 aromatic carbocycles. The molecule has 1 aliphatic heterocycles. The van der Waals surface area contributed by atoms with Gasteiger partial charge < -0.3 is 14.6 Å². The quantitative estimate of drug-likeness (QED) is 0.946. The topological polar surface area (TPSA) is 54.0 Å². The average molecular weight is 300 g/mol. The Morgan fingerprint density at radius 2 is 2.24 bits per heavy atom. The van der Waals surface area contributed by atoms with Crippen LogP contribution in [0.3, 0.4) is 0 Å². The summed E-state index contributed by atoms with van der Waals surface area (Å²) in [5, 5.41) is 0.869. The van der Waals surface area contributed by atoms with Crippen molar-refractivity contribution < 1.29 is 17.9 Å². The number of H-pyrrole nitrogens is 1. The molecule has 3 rings (SSSR count). The smallest absolute Gasteiger partial charge is 0.367 e. The summed E-state index contributed by atoms with van der Waals surface area (Å²) in [7, 11) is 0. The molecule has 0 unspecified atom stereocenters. The van der Waals surface area contributed by atoms with Crippen LogP contribution in [0.1, 0.15) is 12.8 Å². The van der Waals surface area contributed by atoms with Crippen molar-refractivity contribution in [2.45, 2.75) is 25.1 Å². The lowest BCUT2D eigenvalue weighted by atomic mass is 10.1. The second-order valence-corrected chi connectivity index (χ2v) is 5.07. The van der Waals surface area contributed by atoms with Crippen LogP contribution in [0.4, 0.5) is 19.0 Å². The molecule has 21 heavy (non-hydrogen) atoms. The molecular formula is C13H15F3N4O. The summed E-state index contributed by atoms with van der Waals surface area (Å²) in [5.74, 6) is 0.738. The number of aromatic amines is 1. The summed E-state index contributed by atoms with van der Waals surface area (Å²) >= 11 is 0. The second-order valence-electron chi connectivity index (χ2n) is 5.07. The summed E-state index contributed by atoms with van der Waals surface area (Å²) in [4.78, 5) is 13.3. The normalized spacial score (nSPS) is 20.1. The summed E-state index contributed by atoms with van der Waals surface area (Å²) in [6.45, 7) is -0.0363. The molecule has 5 nitrogen and oxygen atoms in total. The Labute approximate surface area is 119 Å². The van der Waals surface area contributed by atoms with Crippen molar-refractivity contribution in [3.8, 4) is 0 Å². The SMILES string of the molecule is FC(F)(F)CO[C@@H]1CCCN(c2ncnc3[nH]ccc23)C1. The predicted octanol–water partition coefficient (Wildman–Crippen LogP) is 2.51. The monoisotopic (exact) mass is 300 g/mol. The van der Waals surface area contributed by atoms with Crippen LogP contribution in [0, 0.1) is 0 Å². The van der Waals surface area contributed by atoms with E-state index in [4.69, 9.17) is 4.74 Å². The Morgan fingerprint density at radius 1 is 1.38 bits per heavy atom. The van der Waals surface area contributed by atoms with Gasteiger partial charge in [0, 0.05) is 19.3 Å². The molecule has 0 radical (unpaired) electrons. The second kappa shape index (κ2) is 5.51. The molecule has 8 heteroatoms. The molecule has 1 aliphatic rings. The van der Waals surface area contributed by atoms with Crippen LogP contribution in [0.5, 0.6) is 0 Å². The van der Waals surface area contributed by atoms with E-state index in [-0.39, 0.29) is 0 Å². The van der Waals surface area contributed by atoms with Crippen LogP contribution in [0.2, 0.25) is 0 Å². The molecular weight excluding hydrogens is 285 g/mol. The maximum atomic E-state index is 12.2. The van der Waals surface area contributed by atoms with Gasteiger partial charge in [-0.05, 0) is 18.9 Å². The molecule has 1 atom stereocenters. The fraction of sp³-hybridized carbons (Fsp3) is 0.538. The number of hydrogen-bond acceptors (Lipinski definition) is 4. The van der Waals surface area contributed by atoms with E-state index >= 15 is 0 Å². The minimum absolute atomic E-state index is 0.410. The highest BCUT2D eigenvalue weighted by Crippen LogP contribution is 2.26. The summed E-state index contributed by atoms with van der Waals surface area (Å²) < 4.78 is 41.7. The van der Waals surface area contributed by atoms with Crippen molar-refractivity contribution in [3.63, 3.8) is 0 Å². The third-order valence-corrected chi connectivity index (χ3v) is 3.49. The zero-order chi connectivity index (χ0) is 14.9. The zero-order valence-electron chi connectivity index (χ0n) is 11.2. The van der Waals surface area contributed by atoms with Gasteiger partial charge in [-0.15, -0.1) is 0 Å². The van der Waals surface area contributed by atoms with E-state index in [0.29, 0.717) is 13.0 Å². The maximum Gasteiger partial charge on any atom is 0.411 e. The molecule has 1 saturated heterocycles. The van der Waals surface area contributed by atoms with Gasteiger partial charge in [-0.1, -0.05) is 0 Å². The number of anilines is 1. The molecule has 1 N–H and O–H groups in total. The minimum Gasteiger partial charge on any atom is -0.367 e. The lowest BCUT2D eigenvalue weighted by molar-refractivity contribution is -0.185. The first-order valence-corrected chi connectivity index (χ1v) is 6.74. The molecule has 0 saturated carbocycles. The van der Waals surface area contributed by atoms with Crippen LogP contribution in [-0.4, -0.2) is 46.9 Å². The molecule has 0 amide bonds. The van der Waals surface area contributed by atoms with Crippen LogP contribution in [-0.2, 0) is 4.74 Å². The molecule has 1 fully saturated rings. The van der Waals surface area contributed by atoms with Gasteiger partial charge in [0.2, 0.25) is 0 Å². The van der Waals surface area contributed by atoms with Gasteiger partial charge in [-0.2, -0.15) is 13.2 Å². The number of alkyl halides is 3. The molecule has 2 aromatic heterocycles. The van der Waals surface area contributed by atoms with Gasteiger partial charge in [0.1, 0.15) is 24.4 Å². The maximum absolute atomic E-state index is 12.2. The number of nitrogens with one attached hydrogen (secondary N) is 1. The Morgan fingerprint density at radius 3 is 3.05 bits per heavy atom. The Kier molecular flexibility index (Phi) is 3.71. The van der Waals surface area contributed by atoms with Crippen molar-refractivity contribution in [2.75, 3.05) is 24.6 Å². The van der Waals surface area contributed by atoms with Crippen LogP contribution in [0.15, 0.2) is 18.6 Å². The Hall–Kier alpha value is -1.83. The largest absolute Gasteiger partial charge is 0.411 e. The highest BCUT2D eigenvalue weighted by molar-refractivity contribution is 5.87. The fourth-order valence-corrected chi connectivity index (χ4v) is 2.59. The number of hydrogen-bond donors (Lipinski definition) is 1. The first-order chi connectivity index (χ1) is 10.0. The number of halogens is 3. The van der Waals surface area contributed by atoms with E-state index in [2.05, 4.69) is 15.0 Å². The number of aromatic nitrogens is 3. The van der Waals surface area contributed by atoms with Crippen molar-refractivity contribution in [1.29, 1.82) is 0 Å². The third-order valence-electron chi connectivity index (χ3n) is 3.49.